The lowest BCUT2D eigenvalue weighted by Crippen LogP contribution is -2.03. The minimum Gasteiger partial charge on any atom is -0.478 e. The molecule has 0 unspecified atom stereocenters. The Morgan fingerprint density at radius 2 is 1.84 bits per heavy atom. The molecule has 25 heavy (non-hydrogen) atoms. The summed E-state index contributed by atoms with van der Waals surface area (Å²) in [5, 5.41) is 14.7. The zero-order valence-corrected chi connectivity index (χ0v) is 13.4. The number of aromatic carboxylic acids is 1. The van der Waals surface area contributed by atoms with E-state index in [9.17, 15) is 9.90 Å². The Labute approximate surface area is 143 Å². The highest BCUT2D eigenvalue weighted by atomic mass is 16.4. The first kappa shape index (κ1) is 15.0. The van der Waals surface area contributed by atoms with Gasteiger partial charge in [-0.25, -0.2) is 14.8 Å². The molecule has 3 heterocycles. The van der Waals surface area contributed by atoms with Gasteiger partial charge in [0.2, 0.25) is 0 Å². The van der Waals surface area contributed by atoms with Crippen LogP contribution in [0, 0.1) is 6.92 Å². The Balaban J connectivity index is 2.07. The van der Waals surface area contributed by atoms with Crippen molar-refractivity contribution in [3.05, 3.63) is 72.1 Å². The highest BCUT2D eigenvalue weighted by molar-refractivity contribution is 6.04. The molecule has 122 valence electrons. The molecule has 0 saturated carbocycles. The van der Waals surface area contributed by atoms with Crippen LogP contribution in [0.2, 0.25) is 0 Å². The maximum atomic E-state index is 11.8. The molecule has 3 aromatic heterocycles. The summed E-state index contributed by atoms with van der Waals surface area (Å²) in [6.45, 7) is 1.78. The number of hydrogen-bond donors (Lipinski definition) is 1. The van der Waals surface area contributed by atoms with E-state index in [4.69, 9.17) is 0 Å². The molecule has 0 atom stereocenters. The van der Waals surface area contributed by atoms with Crippen molar-refractivity contribution in [1.29, 1.82) is 0 Å². The van der Waals surface area contributed by atoms with E-state index in [-0.39, 0.29) is 5.56 Å². The Morgan fingerprint density at radius 3 is 2.52 bits per heavy atom. The predicted octanol–water partition coefficient (Wildman–Crippen LogP) is 3.49. The molecule has 0 aliphatic heterocycles. The Morgan fingerprint density at radius 1 is 1.08 bits per heavy atom. The Bertz CT molecular complexity index is 1070. The fourth-order valence-electron chi connectivity index (χ4n) is 2.85. The van der Waals surface area contributed by atoms with Gasteiger partial charge in [0.25, 0.3) is 0 Å². The van der Waals surface area contributed by atoms with Gasteiger partial charge >= 0.3 is 5.97 Å². The van der Waals surface area contributed by atoms with Crippen molar-refractivity contribution < 1.29 is 9.90 Å². The molecule has 0 aliphatic carbocycles. The smallest absolute Gasteiger partial charge is 0.336 e. The van der Waals surface area contributed by atoms with E-state index in [1.165, 1.54) is 0 Å². The van der Waals surface area contributed by atoms with Crippen LogP contribution < -0.4 is 0 Å². The maximum absolute atomic E-state index is 11.8. The first-order valence-electron chi connectivity index (χ1n) is 7.75. The Hall–Kier alpha value is -3.54. The summed E-state index contributed by atoms with van der Waals surface area (Å²) in [7, 11) is 0. The summed E-state index contributed by atoms with van der Waals surface area (Å²) in [6, 6.07) is 16.6. The van der Waals surface area contributed by atoms with Crippen molar-refractivity contribution >= 4 is 17.0 Å². The van der Waals surface area contributed by atoms with E-state index in [0.717, 1.165) is 5.56 Å². The lowest BCUT2D eigenvalue weighted by atomic mass is 10.1. The molecule has 4 rings (SSSR count). The van der Waals surface area contributed by atoms with E-state index < -0.39 is 5.97 Å². The van der Waals surface area contributed by atoms with Gasteiger partial charge < -0.3 is 5.11 Å². The fourth-order valence-corrected chi connectivity index (χ4v) is 2.85. The first-order chi connectivity index (χ1) is 12.1. The predicted molar refractivity (Wildman–Crippen MR) is 93.8 cm³/mol. The second-order valence-electron chi connectivity index (χ2n) is 5.61. The maximum Gasteiger partial charge on any atom is 0.336 e. The number of rotatable bonds is 3. The molecule has 0 fully saturated rings. The summed E-state index contributed by atoms with van der Waals surface area (Å²) in [5.41, 5.74) is 2.70. The molecular formula is C19H14N4O2. The van der Waals surface area contributed by atoms with Crippen molar-refractivity contribution in [2.24, 2.45) is 0 Å². The molecule has 6 heteroatoms. The minimum absolute atomic E-state index is 0.184. The molecular weight excluding hydrogens is 316 g/mol. The van der Waals surface area contributed by atoms with Gasteiger partial charge in [0.05, 0.1) is 22.3 Å². The average Bonchev–Trinajstić information content (AvgIpc) is 2.99. The number of carbonyl (C=O) groups is 1. The van der Waals surface area contributed by atoms with Crippen molar-refractivity contribution in [3.63, 3.8) is 0 Å². The lowest BCUT2D eigenvalue weighted by molar-refractivity contribution is 0.0699. The van der Waals surface area contributed by atoms with E-state index in [0.29, 0.717) is 28.2 Å². The van der Waals surface area contributed by atoms with E-state index in [1.807, 2.05) is 48.5 Å². The van der Waals surface area contributed by atoms with Gasteiger partial charge in [-0.1, -0.05) is 36.4 Å². The molecule has 1 N–H and O–H groups in total. The third-order valence-electron chi connectivity index (χ3n) is 3.98. The largest absolute Gasteiger partial charge is 0.478 e. The Kier molecular flexibility index (Phi) is 3.50. The number of benzene rings is 1. The molecule has 6 nitrogen and oxygen atoms in total. The molecule has 4 aromatic rings. The second-order valence-corrected chi connectivity index (χ2v) is 5.61. The van der Waals surface area contributed by atoms with Crippen LogP contribution in [0.1, 0.15) is 16.1 Å². The molecule has 1 aromatic carbocycles. The average molecular weight is 330 g/mol. The second kappa shape index (κ2) is 5.83. The number of aryl methyl sites for hydroxylation is 1. The van der Waals surface area contributed by atoms with Crippen LogP contribution in [-0.4, -0.2) is 30.8 Å². The molecule has 0 aliphatic rings. The quantitative estimate of drug-likeness (QED) is 0.622. The van der Waals surface area contributed by atoms with Gasteiger partial charge in [-0.2, -0.15) is 9.78 Å². The standard InChI is InChI=1S/C19H14N4O2/c1-12-17-14(19(24)25)11-15(13-7-3-2-4-8-13)21-18(17)23(22-12)16-9-5-6-10-20-16/h2-11H,1H3,(H,24,25). The molecule has 0 spiro atoms. The summed E-state index contributed by atoms with van der Waals surface area (Å²) < 4.78 is 1.59. The number of carboxylic acids is 1. The van der Waals surface area contributed by atoms with Crippen molar-refractivity contribution in [1.82, 2.24) is 19.7 Å². The molecule has 0 radical (unpaired) electrons. The van der Waals surface area contributed by atoms with Gasteiger partial charge in [-0.05, 0) is 25.1 Å². The number of aromatic nitrogens is 4. The molecule has 0 saturated heterocycles. The normalized spacial score (nSPS) is 10.9. The van der Waals surface area contributed by atoms with Crippen molar-refractivity contribution in [2.45, 2.75) is 6.92 Å². The van der Waals surface area contributed by atoms with E-state index in [1.54, 1.807) is 23.9 Å². The van der Waals surface area contributed by atoms with Gasteiger partial charge in [-0.15, -0.1) is 0 Å². The highest BCUT2D eigenvalue weighted by Crippen LogP contribution is 2.28. The number of carboxylic acid groups (broad SMARTS) is 1. The third-order valence-corrected chi connectivity index (χ3v) is 3.98. The number of pyridine rings is 2. The van der Waals surface area contributed by atoms with Crippen LogP contribution in [0.4, 0.5) is 0 Å². The molecule has 0 bridgehead atoms. The minimum atomic E-state index is -1.01. The van der Waals surface area contributed by atoms with Crippen LogP contribution in [0.5, 0.6) is 0 Å². The lowest BCUT2D eigenvalue weighted by Gasteiger charge is -2.06. The zero-order valence-electron chi connectivity index (χ0n) is 13.4. The summed E-state index contributed by atoms with van der Waals surface area (Å²) in [6.07, 6.45) is 1.66. The van der Waals surface area contributed by atoms with Gasteiger partial charge in [0, 0.05) is 11.8 Å². The summed E-state index contributed by atoms with van der Waals surface area (Å²) >= 11 is 0. The van der Waals surface area contributed by atoms with Crippen LogP contribution in [-0.2, 0) is 0 Å². The zero-order chi connectivity index (χ0) is 17.4. The highest BCUT2D eigenvalue weighted by Gasteiger charge is 2.20. The van der Waals surface area contributed by atoms with Crippen molar-refractivity contribution in [2.75, 3.05) is 0 Å². The van der Waals surface area contributed by atoms with Gasteiger partial charge in [0.15, 0.2) is 11.5 Å². The van der Waals surface area contributed by atoms with Gasteiger partial charge in [0.1, 0.15) is 0 Å². The van der Waals surface area contributed by atoms with Crippen molar-refractivity contribution in [3.8, 4) is 17.1 Å². The SMILES string of the molecule is Cc1nn(-c2ccccn2)c2nc(-c3ccccc3)cc(C(=O)O)c12. The number of hydrogen-bond acceptors (Lipinski definition) is 4. The van der Waals surface area contributed by atoms with E-state index in [2.05, 4.69) is 15.1 Å². The monoisotopic (exact) mass is 330 g/mol. The van der Waals surface area contributed by atoms with E-state index >= 15 is 0 Å². The van der Waals surface area contributed by atoms with Crippen LogP contribution in [0.15, 0.2) is 60.8 Å². The van der Waals surface area contributed by atoms with Crippen LogP contribution >= 0.6 is 0 Å². The number of nitrogens with zero attached hydrogens (tertiary/aromatic N) is 4. The fraction of sp³-hybridized carbons (Fsp3) is 0.0526. The summed E-state index contributed by atoms with van der Waals surface area (Å²) in [5.74, 6) is -0.414. The van der Waals surface area contributed by atoms with Gasteiger partial charge in [-0.3, -0.25) is 0 Å². The topological polar surface area (TPSA) is 80.9 Å². The first-order valence-corrected chi connectivity index (χ1v) is 7.75. The van der Waals surface area contributed by atoms with Crippen LogP contribution in [0.25, 0.3) is 28.1 Å². The number of fused-ring (bicyclic) bond motifs is 1. The third kappa shape index (κ3) is 2.53. The summed E-state index contributed by atoms with van der Waals surface area (Å²) in [4.78, 5) is 20.8. The van der Waals surface area contributed by atoms with Crippen LogP contribution in [0.3, 0.4) is 0 Å². The molecule has 0 amide bonds.